The van der Waals surface area contributed by atoms with Crippen molar-refractivity contribution in [2.24, 2.45) is 11.7 Å². The van der Waals surface area contributed by atoms with Crippen molar-refractivity contribution in [3.05, 3.63) is 0 Å². The van der Waals surface area contributed by atoms with Crippen molar-refractivity contribution in [2.45, 2.75) is 32.1 Å². The summed E-state index contributed by atoms with van der Waals surface area (Å²) in [6.45, 7) is 3.86. The molecule has 0 bridgehead atoms. The zero-order valence-electron chi connectivity index (χ0n) is 10.4. The van der Waals surface area contributed by atoms with Gasteiger partial charge in [-0.1, -0.05) is 6.42 Å². The van der Waals surface area contributed by atoms with Gasteiger partial charge in [-0.2, -0.15) is 0 Å². The number of hydrogen-bond donors (Lipinski definition) is 2. The van der Waals surface area contributed by atoms with Crippen LogP contribution in [-0.4, -0.2) is 44.0 Å². The molecule has 16 heavy (non-hydrogen) atoms. The summed E-state index contributed by atoms with van der Waals surface area (Å²) in [5, 5.41) is 3.03. The maximum Gasteiger partial charge on any atom is 0.220 e. The molecule has 1 amide bonds. The molecule has 3 N–H and O–H groups in total. The van der Waals surface area contributed by atoms with Crippen LogP contribution in [0.25, 0.3) is 0 Å². The first-order valence-corrected chi connectivity index (χ1v) is 6.37. The van der Waals surface area contributed by atoms with Gasteiger partial charge in [0.15, 0.2) is 0 Å². The van der Waals surface area contributed by atoms with Gasteiger partial charge in [0.25, 0.3) is 0 Å². The molecule has 1 atom stereocenters. The average Bonchev–Trinajstić information content (AvgIpc) is 2.68. The first-order valence-electron chi connectivity index (χ1n) is 6.37. The molecule has 0 aromatic heterocycles. The highest BCUT2D eigenvalue weighted by Gasteiger charge is 2.19. The number of amides is 1. The lowest BCUT2D eigenvalue weighted by Gasteiger charge is -2.11. The number of carbonyl (C=O) groups is 1. The van der Waals surface area contributed by atoms with Crippen molar-refractivity contribution in [1.29, 1.82) is 0 Å². The first-order chi connectivity index (χ1) is 7.72. The van der Waals surface area contributed by atoms with Crippen LogP contribution in [0.15, 0.2) is 0 Å². The van der Waals surface area contributed by atoms with Gasteiger partial charge in [-0.15, -0.1) is 0 Å². The summed E-state index contributed by atoms with van der Waals surface area (Å²) in [5.41, 5.74) is 5.39. The Hall–Kier alpha value is -0.610. The molecule has 1 aliphatic heterocycles. The summed E-state index contributed by atoms with van der Waals surface area (Å²) < 4.78 is 0. The summed E-state index contributed by atoms with van der Waals surface area (Å²) in [7, 11) is 2.13. The van der Waals surface area contributed by atoms with E-state index < -0.39 is 0 Å². The van der Waals surface area contributed by atoms with E-state index in [9.17, 15) is 4.79 Å². The van der Waals surface area contributed by atoms with Crippen LogP contribution in [0.5, 0.6) is 0 Å². The van der Waals surface area contributed by atoms with E-state index in [0.717, 1.165) is 45.4 Å². The fraction of sp³-hybridized carbons (Fsp3) is 0.917. The van der Waals surface area contributed by atoms with Gasteiger partial charge in [0.05, 0.1) is 0 Å². The lowest BCUT2D eigenvalue weighted by Crippen LogP contribution is -2.30. The Balaban J connectivity index is 1.97. The molecule has 0 saturated carbocycles. The molecule has 1 saturated heterocycles. The molecule has 4 nitrogen and oxygen atoms in total. The van der Waals surface area contributed by atoms with Crippen LogP contribution < -0.4 is 11.1 Å². The van der Waals surface area contributed by atoms with E-state index in [4.69, 9.17) is 5.73 Å². The number of rotatable bonds is 7. The lowest BCUT2D eigenvalue weighted by molar-refractivity contribution is -0.121. The Kier molecular flexibility index (Phi) is 6.42. The van der Waals surface area contributed by atoms with E-state index in [1.807, 2.05) is 0 Å². The van der Waals surface area contributed by atoms with Crippen LogP contribution >= 0.6 is 0 Å². The van der Waals surface area contributed by atoms with Crippen LogP contribution in [0.4, 0.5) is 0 Å². The molecule has 0 radical (unpaired) electrons. The summed E-state index contributed by atoms with van der Waals surface area (Å²) >= 11 is 0. The van der Waals surface area contributed by atoms with Gasteiger partial charge in [0, 0.05) is 19.5 Å². The average molecular weight is 227 g/mol. The second kappa shape index (κ2) is 7.63. The van der Waals surface area contributed by atoms with Crippen molar-refractivity contribution in [1.82, 2.24) is 10.2 Å². The summed E-state index contributed by atoms with van der Waals surface area (Å²) in [5.74, 6) is 0.851. The molecule has 1 aliphatic rings. The maximum absolute atomic E-state index is 11.5. The topological polar surface area (TPSA) is 58.4 Å². The molecule has 1 unspecified atom stereocenters. The minimum Gasteiger partial charge on any atom is -0.356 e. The first kappa shape index (κ1) is 13.5. The largest absolute Gasteiger partial charge is 0.356 e. The Morgan fingerprint density at radius 1 is 1.44 bits per heavy atom. The molecule has 94 valence electrons. The van der Waals surface area contributed by atoms with Gasteiger partial charge in [-0.25, -0.2) is 0 Å². The predicted molar refractivity (Wildman–Crippen MR) is 66.1 cm³/mol. The number of nitrogens with one attached hydrogen (secondary N) is 1. The highest BCUT2D eigenvalue weighted by molar-refractivity contribution is 5.75. The second-order valence-electron chi connectivity index (χ2n) is 4.82. The molecular weight excluding hydrogens is 202 g/mol. The van der Waals surface area contributed by atoms with E-state index in [0.29, 0.717) is 12.3 Å². The molecule has 1 heterocycles. The van der Waals surface area contributed by atoms with Crippen LogP contribution in [0.3, 0.4) is 0 Å². The lowest BCUT2D eigenvalue weighted by atomic mass is 10.1. The van der Waals surface area contributed by atoms with Gasteiger partial charge in [0.1, 0.15) is 0 Å². The standard InChI is InChI=1S/C12H25N3O/c1-15-8-6-11(10-15)9-14-12(16)5-3-2-4-7-13/h11H,2-10,13H2,1H3,(H,14,16). The number of hydrogen-bond acceptors (Lipinski definition) is 3. The number of unbranched alkanes of at least 4 members (excludes halogenated alkanes) is 2. The third-order valence-corrected chi connectivity index (χ3v) is 3.18. The number of nitrogens with zero attached hydrogens (tertiary/aromatic N) is 1. The van der Waals surface area contributed by atoms with Gasteiger partial charge in [-0.3, -0.25) is 4.79 Å². The van der Waals surface area contributed by atoms with Crippen LogP contribution in [0, 0.1) is 5.92 Å². The highest BCUT2D eigenvalue weighted by Crippen LogP contribution is 2.12. The normalized spacial score (nSPS) is 21.2. The van der Waals surface area contributed by atoms with Crippen LogP contribution in [0.1, 0.15) is 32.1 Å². The molecule has 4 heteroatoms. The third-order valence-electron chi connectivity index (χ3n) is 3.18. The van der Waals surface area contributed by atoms with Gasteiger partial charge >= 0.3 is 0 Å². The monoisotopic (exact) mass is 227 g/mol. The Morgan fingerprint density at radius 2 is 2.25 bits per heavy atom. The molecular formula is C12H25N3O. The van der Waals surface area contributed by atoms with Gasteiger partial charge in [0.2, 0.25) is 5.91 Å². The minimum absolute atomic E-state index is 0.201. The predicted octanol–water partition coefficient (Wildman–Crippen LogP) is 0.573. The van der Waals surface area contributed by atoms with Crippen molar-refractivity contribution < 1.29 is 4.79 Å². The summed E-state index contributed by atoms with van der Waals surface area (Å²) in [4.78, 5) is 13.8. The van der Waals surface area contributed by atoms with Crippen molar-refractivity contribution in [3.63, 3.8) is 0 Å². The number of nitrogens with two attached hydrogens (primary N) is 1. The number of likely N-dealkylation sites (tertiary alicyclic amines) is 1. The van der Waals surface area contributed by atoms with E-state index in [1.54, 1.807) is 0 Å². The molecule has 1 rings (SSSR count). The Bertz CT molecular complexity index is 208. The fourth-order valence-corrected chi connectivity index (χ4v) is 2.15. The van der Waals surface area contributed by atoms with E-state index in [1.165, 1.54) is 6.42 Å². The Labute approximate surface area is 98.6 Å². The van der Waals surface area contributed by atoms with E-state index >= 15 is 0 Å². The zero-order chi connectivity index (χ0) is 11.8. The number of carbonyl (C=O) groups excluding carboxylic acids is 1. The second-order valence-corrected chi connectivity index (χ2v) is 4.82. The fourth-order valence-electron chi connectivity index (χ4n) is 2.15. The van der Waals surface area contributed by atoms with Crippen LogP contribution in [0.2, 0.25) is 0 Å². The third kappa shape index (κ3) is 5.47. The summed E-state index contributed by atoms with van der Waals surface area (Å²) in [6, 6.07) is 0. The van der Waals surface area contributed by atoms with Crippen molar-refractivity contribution >= 4 is 5.91 Å². The molecule has 0 aliphatic carbocycles. The van der Waals surface area contributed by atoms with E-state index in [-0.39, 0.29) is 5.91 Å². The SMILES string of the molecule is CN1CCC(CNC(=O)CCCCCN)C1. The smallest absolute Gasteiger partial charge is 0.220 e. The highest BCUT2D eigenvalue weighted by atomic mass is 16.1. The molecule has 0 aromatic rings. The van der Waals surface area contributed by atoms with Gasteiger partial charge < -0.3 is 16.0 Å². The molecule has 0 spiro atoms. The summed E-state index contributed by atoms with van der Waals surface area (Å²) in [6.07, 6.45) is 4.93. The van der Waals surface area contributed by atoms with E-state index in [2.05, 4.69) is 17.3 Å². The zero-order valence-corrected chi connectivity index (χ0v) is 10.4. The van der Waals surface area contributed by atoms with Crippen molar-refractivity contribution in [3.8, 4) is 0 Å². The molecule has 1 fully saturated rings. The van der Waals surface area contributed by atoms with Crippen molar-refractivity contribution in [2.75, 3.05) is 33.2 Å². The van der Waals surface area contributed by atoms with Crippen LogP contribution in [-0.2, 0) is 4.79 Å². The maximum atomic E-state index is 11.5. The quantitative estimate of drug-likeness (QED) is 0.625. The minimum atomic E-state index is 0.201. The molecule has 0 aromatic carbocycles. The van der Waals surface area contributed by atoms with Gasteiger partial charge in [-0.05, 0) is 45.3 Å². The Morgan fingerprint density at radius 3 is 2.88 bits per heavy atom.